The second kappa shape index (κ2) is 9.76. The van der Waals surface area contributed by atoms with E-state index in [1.54, 1.807) is 31.4 Å². The van der Waals surface area contributed by atoms with Crippen LogP contribution in [-0.2, 0) is 9.59 Å². The molecule has 4 N–H and O–H groups in total. The van der Waals surface area contributed by atoms with Gasteiger partial charge in [0.25, 0.3) is 11.8 Å². The van der Waals surface area contributed by atoms with Crippen LogP contribution in [0, 0.1) is 0 Å². The van der Waals surface area contributed by atoms with Gasteiger partial charge in [0, 0.05) is 17.3 Å². The van der Waals surface area contributed by atoms with Gasteiger partial charge in [-0.2, -0.15) is 0 Å². The fourth-order valence-corrected chi connectivity index (χ4v) is 2.22. The molecule has 144 valence electrons. The van der Waals surface area contributed by atoms with Crippen LogP contribution in [0.15, 0.2) is 24.3 Å². The fraction of sp³-hybridized carbons (Fsp3) is 0.500. The molecule has 8 heteroatoms. The van der Waals surface area contributed by atoms with Crippen molar-refractivity contribution < 1.29 is 24.0 Å². The first-order chi connectivity index (χ1) is 12.1. The van der Waals surface area contributed by atoms with Crippen LogP contribution in [0.1, 0.15) is 27.7 Å². The van der Waals surface area contributed by atoms with Crippen LogP contribution in [-0.4, -0.2) is 50.1 Å². The van der Waals surface area contributed by atoms with Crippen molar-refractivity contribution >= 4 is 23.5 Å². The molecule has 1 atom stereocenters. The molecular formula is C18H29N4O4+. The fourth-order valence-electron chi connectivity index (χ4n) is 2.22. The Kier molecular flexibility index (Phi) is 8.05. The summed E-state index contributed by atoms with van der Waals surface area (Å²) in [5, 5.41) is 7.71. The predicted octanol–water partition coefficient (Wildman–Crippen LogP) is 0.163. The number of hydrogen-bond donors (Lipinski definition) is 4. The van der Waals surface area contributed by atoms with E-state index < -0.39 is 17.5 Å². The van der Waals surface area contributed by atoms with E-state index in [0.29, 0.717) is 18.0 Å². The van der Waals surface area contributed by atoms with E-state index in [-0.39, 0.29) is 19.0 Å². The molecule has 0 aliphatic heterocycles. The average molecular weight is 365 g/mol. The molecule has 26 heavy (non-hydrogen) atoms. The maximum absolute atomic E-state index is 12.2. The third-order valence-corrected chi connectivity index (χ3v) is 3.42. The molecule has 1 aromatic rings. The highest BCUT2D eigenvalue weighted by atomic mass is 16.5. The second-order valence-corrected chi connectivity index (χ2v) is 6.99. The topological polar surface area (TPSA) is 101 Å². The van der Waals surface area contributed by atoms with E-state index in [2.05, 4.69) is 16.0 Å². The number of urea groups is 1. The van der Waals surface area contributed by atoms with Crippen molar-refractivity contribution in [3.8, 4) is 5.75 Å². The number of hydrogen-bond acceptors (Lipinski definition) is 4. The number of nitrogens with one attached hydrogen (secondary N) is 4. The Hall–Kier alpha value is -2.61. The van der Waals surface area contributed by atoms with Crippen molar-refractivity contribution in [2.75, 3.05) is 32.1 Å². The van der Waals surface area contributed by atoms with E-state index >= 15 is 0 Å². The van der Waals surface area contributed by atoms with Gasteiger partial charge in [0.15, 0.2) is 13.1 Å². The molecule has 0 heterocycles. The van der Waals surface area contributed by atoms with Crippen LogP contribution in [0.2, 0.25) is 0 Å². The highest BCUT2D eigenvalue weighted by Gasteiger charge is 2.20. The van der Waals surface area contributed by atoms with Gasteiger partial charge < -0.3 is 20.3 Å². The quantitative estimate of drug-likeness (QED) is 0.553. The Morgan fingerprint density at radius 1 is 1.12 bits per heavy atom. The van der Waals surface area contributed by atoms with Gasteiger partial charge in [-0.1, -0.05) is 6.07 Å². The first-order valence-corrected chi connectivity index (χ1v) is 8.52. The summed E-state index contributed by atoms with van der Waals surface area (Å²) in [4.78, 5) is 36.6. The standard InChI is InChI=1S/C18H28N4O4/c1-6-22(12-16(24)20-17(25)21-18(2,3)4)11-15(23)19-13-8-7-9-14(10-13)26-5/h7-10H,6,11-12H2,1-5H3,(H,19,23)(H2,20,21,24,25)/p+1. The SMILES string of the molecule is CC[NH+](CC(=O)NC(=O)NC(C)(C)C)CC(=O)Nc1cccc(OC)c1. The average Bonchev–Trinajstić information content (AvgIpc) is 2.52. The van der Waals surface area contributed by atoms with Gasteiger partial charge >= 0.3 is 6.03 Å². The monoisotopic (exact) mass is 365 g/mol. The minimum absolute atomic E-state index is 0.0274. The van der Waals surface area contributed by atoms with Crippen LogP contribution in [0.5, 0.6) is 5.75 Å². The lowest BCUT2D eigenvalue weighted by molar-refractivity contribution is -0.881. The molecule has 0 radical (unpaired) electrons. The number of anilines is 1. The summed E-state index contributed by atoms with van der Waals surface area (Å²) in [6.07, 6.45) is 0. The summed E-state index contributed by atoms with van der Waals surface area (Å²) in [5.74, 6) is -0.00782. The largest absolute Gasteiger partial charge is 0.497 e. The van der Waals surface area contributed by atoms with Gasteiger partial charge in [0.05, 0.1) is 13.7 Å². The Bertz CT molecular complexity index is 640. The maximum Gasteiger partial charge on any atom is 0.322 e. The van der Waals surface area contributed by atoms with Crippen molar-refractivity contribution in [1.82, 2.24) is 10.6 Å². The van der Waals surface area contributed by atoms with Gasteiger partial charge in [-0.05, 0) is 39.8 Å². The van der Waals surface area contributed by atoms with Crippen LogP contribution in [0.25, 0.3) is 0 Å². The number of imide groups is 1. The molecule has 0 saturated carbocycles. The summed E-state index contributed by atoms with van der Waals surface area (Å²) in [6, 6.07) is 6.49. The first-order valence-electron chi connectivity index (χ1n) is 8.52. The number of carbonyl (C=O) groups excluding carboxylic acids is 3. The lowest BCUT2D eigenvalue weighted by Gasteiger charge is -2.21. The Morgan fingerprint density at radius 2 is 1.77 bits per heavy atom. The van der Waals surface area contributed by atoms with Crippen LogP contribution in [0.4, 0.5) is 10.5 Å². The molecule has 0 aliphatic rings. The number of likely N-dealkylation sites (N-methyl/N-ethyl adjacent to an activating group) is 1. The van der Waals surface area contributed by atoms with Gasteiger partial charge in [0.2, 0.25) is 0 Å². The summed E-state index contributed by atoms with van der Waals surface area (Å²) in [6.45, 7) is 8.05. The van der Waals surface area contributed by atoms with Crippen LogP contribution in [0.3, 0.4) is 0 Å². The van der Waals surface area contributed by atoms with Crippen molar-refractivity contribution in [3.05, 3.63) is 24.3 Å². The van der Waals surface area contributed by atoms with Crippen LogP contribution >= 0.6 is 0 Å². The normalized spacial score (nSPS) is 12.0. The molecule has 1 unspecified atom stereocenters. The minimum Gasteiger partial charge on any atom is -0.497 e. The van der Waals surface area contributed by atoms with Crippen molar-refractivity contribution in [1.29, 1.82) is 0 Å². The second-order valence-electron chi connectivity index (χ2n) is 6.99. The predicted molar refractivity (Wildman–Crippen MR) is 99.3 cm³/mol. The van der Waals surface area contributed by atoms with Crippen LogP contribution < -0.4 is 25.6 Å². The van der Waals surface area contributed by atoms with E-state index in [9.17, 15) is 14.4 Å². The number of ether oxygens (including phenoxy) is 1. The lowest BCUT2D eigenvalue weighted by atomic mass is 10.1. The molecule has 1 rings (SSSR count). The number of carbonyl (C=O) groups is 3. The van der Waals surface area contributed by atoms with Crippen molar-refractivity contribution in [2.24, 2.45) is 0 Å². The third-order valence-electron chi connectivity index (χ3n) is 3.42. The Morgan fingerprint density at radius 3 is 2.35 bits per heavy atom. The first kappa shape index (κ1) is 21.4. The summed E-state index contributed by atoms with van der Waals surface area (Å²) < 4.78 is 5.12. The van der Waals surface area contributed by atoms with Crippen molar-refractivity contribution in [3.63, 3.8) is 0 Å². The summed E-state index contributed by atoms with van der Waals surface area (Å²) in [5.41, 5.74) is 0.192. The van der Waals surface area contributed by atoms with E-state index in [1.807, 2.05) is 27.7 Å². The Labute approximate surface area is 154 Å². The van der Waals surface area contributed by atoms with Gasteiger partial charge in [-0.25, -0.2) is 4.79 Å². The zero-order valence-corrected chi connectivity index (χ0v) is 16.1. The molecule has 0 aliphatic carbocycles. The van der Waals surface area contributed by atoms with E-state index in [0.717, 1.165) is 4.90 Å². The van der Waals surface area contributed by atoms with Crippen molar-refractivity contribution in [2.45, 2.75) is 33.2 Å². The third kappa shape index (κ3) is 8.48. The highest BCUT2D eigenvalue weighted by molar-refractivity contribution is 5.95. The maximum atomic E-state index is 12.2. The molecule has 4 amide bonds. The number of benzene rings is 1. The molecule has 0 bridgehead atoms. The summed E-state index contributed by atoms with van der Waals surface area (Å²) >= 11 is 0. The number of methoxy groups -OCH3 is 1. The Balaban J connectivity index is 2.51. The minimum atomic E-state index is -0.543. The van der Waals surface area contributed by atoms with E-state index in [1.165, 1.54) is 0 Å². The number of amides is 4. The molecule has 0 saturated heterocycles. The zero-order chi connectivity index (χ0) is 19.7. The molecule has 0 fully saturated rings. The molecule has 8 nitrogen and oxygen atoms in total. The number of quaternary nitrogens is 1. The van der Waals surface area contributed by atoms with Gasteiger partial charge in [0.1, 0.15) is 5.75 Å². The summed E-state index contributed by atoms with van der Waals surface area (Å²) in [7, 11) is 1.55. The van der Waals surface area contributed by atoms with Gasteiger partial charge in [-0.3, -0.25) is 14.9 Å². The molecule has 0 spiro atoms. The molecule has 0 aromatic heterocycles. The van der Waals surface area contributed by atoms with E-state index in [4.69, 9.17) is 4.74 Å². The molecule has 1 aromatic carbocycles. The number of rotatable bonds is 7. The molecular weight excluding hydrogens is 336 g/mol. The van der Waals surface area contributed by atoms with Gasteiger partial charge in [-0.15, -0.1) is 0 Å². The smallest absolute Gasteiger partial charge is 0.322 e. The lowest BCUT2D eigenvalue weighted by Crippen LogP contribution is -3.14. The zero-order valence-electron chi connectivity index (χ0n) is 16.1. The highest BCUT2D eigenvalue weighted by Crippen LogP contribution is 2.16.